The summed E-state index contributed by atoms with van der Waals surface area (Å²) >= 11 is 1.53. The van der Waals surface area contributed by atoms with Gasteiger partial charge in [-0.15, -0.1) is 11.8 Å². The fourth-order valence-electron chi connectivity index (χ4n) is 2.32. The molecular formula is C16H15NO3S. The zero-order chi connectivity index (χ0) is 14.8. The number of rotatable bonds is 4. The lowest BCUT2D eigenvalue weighted by molar-refractivity contribution is -0.137. The van der Waals surface area contributed by atoms with Crippen molar-refractivity contribution in [3.63, 3.8) is 0 Å². The highest BCUT2D eigenvalue weighted by Crippen LogP contribution is 2.49. The van der Waals surface area contributed by atoms with Crippen molar-refractivity contribution in [2.75, 3.05) is 5.75 Å². The smallest absolute Gasteiger partial charge is 0.321 e. The Hall–Kier alpha value is -1.98. The second kappa shape index (κ2) is 5.79. The molecule has 0 aromatic heterocycles. The largest absolute Gasteiger partial charge is 0.480 e. The van der Waals surface area contributed by atoms with Crippen molar-refractivity contribution >= 4 is 17.7 Å². The average molecular weight is 301 g/mol. The molecule has 1 aliphatic rings. The molecule has 3 rings (SSSR count). The molecule has 3 N–H and O–H groups in total. The Labute approximate surface area is 126 Å². The second-order valence-corrected chi connectivity index (χ2v) is 5.97. The molecule has 5 heteroatoms. The van der Waals surface area contributed by atoms with Crippen LogP contribution in [0, 0.1) is 0 Å². The van der Waals surface area contributed by atoms with Crippen LogP contribution in [0.25, 0.3) is 0 Å². The minimum Gasteiger partial charge on any atom is -0.480 e. The van der Waals surface area contributed by atoms with E-state index in [1.165, 1.54) is 11.8 Å². The minimum atomic E-state index is -0.976. The van der Waals surface area contributed by atoms with E-state index in [0.717, 1.165) is 22.6 Å². The molecule has 1 heterocycles. The normalized spacial score (nSPS) is 14.7. The van der Waals surface area contributed by atoms with E-state index in [0.29, 0.717) is 5.75 Å². The summed E-state index contributed by atoms with van der Waals surface area (Å²) < 4.78 is 5.90. The van der Waals surface area contributed by atoms with E-state index < -0.39 is 12.0 Å². The summed E-state index contributed by atoms with van der Waals surface area (Å²) in [5.41, 5.74) is 7.73. The number of para-hydroxylation sites is 2. The van der Waals surface area contributed by atoms with Crippen LogP contribution in [0.5, 0.6) is 11.5 Å². The number of carbonyl (C=O) groups is 1. The maximum Gasteiger partial charge on any atom is 0.321 e. The molecule has 0 radical (unpaired) electrons. The van der Waals surface area contributed by atoms with Crippen molar-refractivity contribution < 1.29 is 14.6 Å². The number of carboxylic acids is 1. The van der Waals surface area contributed by atoms with Crippen LogP contribution in [0.4, 0.5) is 0 Å². The number of benzene rings is 2. The number of fused-ring (bicyclic) bond motifs is 2. The quantitative estimate of drug-likeness (QED) is 0.908. The Morgan fingerprint density at radius 3 is 2.19 bits per heavy atom. The number of ether oxygens (including phenoxy) is 1. The first-order valence-corrected chi connectivity index (χ1v) is 7.67. The molecular weight excluding hydrogens is 286 g/mol. The number of hydrogen-bond donors (Lipinski definition) is 2. The van der Waals surface area contributed by atoms with E-state index >= 15 is 0 Å². The van der Waals surface area contributed by atoms with E-state index in [1.54, 1.807) is 0 Å². The lowest BCUT2D eigenvalue weighted by Crippen LogP contribution is -2.32. The molecule has 108 valence electrons. The molecule has 0 aliphatic carbocycles. The summed E-state index contributed by atoms with van der Waals surface area (Å²) in [6, 6.07) is 14.8. The molecule has 1 aliphatic heterocycles. The van der Waals surface area contributed by atoms with Gasteiger partial charge in [-0.05, 0) is 12.1 Å². The van der Waals surface area contributed by atoms with Gasteiger partial charge in [-0.2, -0.15) is 0 Å². The van der Waals surface area contributed by atoms with Gasteiger partial charge in [0.2, 0.25) is 0 Å². The van der Waals surface area contributed by atoms with Crippen molar-refractivity contribution in [2.24, 2.45) is 5.73 Å². The van der Waals surface area contributed by atoms with Crippen molar-refractivity contribution in [2.45, 2.75) is 11.3 Å². The van der Waals surface area contributed by atoms with Gasteiger partial charge in [0.15, 0.2) is 0 Å². The third-order valence-corrected chi connectivity index (χ3v) is 4.78. The second-order valence-electron chi connectivity index (χ2n) is 4.84. The monoisotopic (exact) mass is 301 g/mol. The van der Waals surface area contributed by atoms with E-state index in [2.05, 4.69) is 0 Å². The summed E-state index contributed by atoms with van der Waals surface area (Å²) in [6.45, 7) is 0. The summed E-state index contributed by atoms with van der Waals surface area (Å²) in [7, 11) is 0. The van der Waals surface area contributed by atoms with Crippen molar-refractivity contribution in [3.8, 4) is 11.5 Å². The van der Waals surface area contributed by atoms with Gasteiger partial charge in [0.05, 0.1) is 5.25 Å². The molecule has 21 heavy (non-hydrogen) atoms. The van der Waals surface area contributed by atoms with Crippen LogP contribution in [-0.2, 0) is 4.79 Å². The van der Waals surface area contributed by atoms with Crippen LogP contribution in [0.3, 0.4) is 0 Å². The summed E-state index contributed by atoms with van der Waals surface area (Å²) in [5, 5.41) is 8.98. The molecule has 0 saturated heterocycles. The lowest BCUT2D eigenvalue weighted by Gasteiger charge is -2.28. The Kier molecular flexibility index (Phi) is 3.86. The molecule has 0 bridgehead atoms. The Balaban J connectivity index is 1.93. The SMILES string of the molecule is N[C@H](CSC1c2ccccc2Oc2ccccc21)C(=O)O. The van der Waals surface area contributed by atoms with Crippen molar-refractivity contribution in [3.05, 3.63) is 59.7 Å². The van der Waals surface area contributed by atoms with E-state index in [1.807, 2.05) is 48.5 Å². The number of carboxylic acid groups (broad SMARTS) is 1. The maximum atomic E-state index is 10.9. The summed E-state index contributed by atoms with van der Waals surface area (Å²) in [5.74, 6) is 1.01. The van der Waals surface area contributed by atoms with E-state index in [-0.39, 0.29) is 5.25 Å². The fourth-order valence-corrected chi connectivity index (χ4v) is 3.61. The van der Waals surface area contributed by atoms with Crippen LogP contribution < -0.4 is 10.5 Å². The van der Waals surface area contributed by atoms with Gasteiger partial charge in [0.1, 0.15) is 17.5 Å². The summed E-state index contributed by atoms with van der Waals surface area (Å²) in [4.78, 5) is 10.9. The maximum absolute atomic E-state index is 10.9. The third-order valence-electron chi connectivity index (χ3n) is 3.38. The first-order chi connectivity index (χ1) is 10.2. The first-order valence-electron chi connectivity index (χ1n) is 6.62. The molecule has 0 saturated carbocycles. The average Bonchev–Trinajstić information content (AvgIpc) is 2.51. The molecule has 2 aromatic rings. The number of nitrogens with two attached hydrogens (primary N) is 1. The van der Waals surface area contributed by atoms with Gasteiger partial charge < -0.3 is 15.6 Å². The number of hydrogen-bond acceptors (Lipinski definition) is 4. The van der Waals surface area contributed by atoms with Crippen LogP contribution >= 0.6 is 11.8 Å². The minimum absolute atomic E-state index is 0.0385. The van der Waals surface area contributed by atoms with Gasteiger partial charge in [-0.3, -0.25) is 4.79 Å². The van der Waals surface area contributed by atoms with Gasteiger partial charge in [-0.1, -0.05) is 36.4 Å². The molecule has 0 amide bonds. The molecule has 0 spiro atoms. The van der Waals surface area contributed by atoms with Gasteiger partial charge in [0.25, 0.3) is 0 Å². The Morgan fingerprint density at radius 1 is 1.14 bits per heavy atom. The zero-order valence-corrected chi connectivity index (χ0v) is 12.0. The van der Waals surface area contributed by atoms with E-state index in [4.69, 9.17) is 15.6 Å². The molecule has 2 aromatic carbocycles. The van der Waals surface area contributed by atoms with Gasteiger partial charge >= 0.3 is 5.97 Å². The Bertz CT molecular complexity index is 629. The van der Waals surface area contributed by atoms with Crippen LogP contribution in [-0.4, -0.2) is 22.9 Å². The highest BCUT2D eigenvalue weighted by molar-refractivity contribution is 7.99. The molecule has 0 fully saturated rings. The summed E-state index contributed by atoms with van der Waals surface area (Å²) in [6.07, 6.45) is 0. The zero-order valence-electron chi connectivity index (χ0n) is 11.2. The number of aliphatic carboxylic acids is 1. The van der Waals surface area contributed by atoms with Gasteiger partial charge in [-0.25, -0.2) is 0 Å². The predicted molar refractivity (Wildman–Crippen MR) is 82.9 cm³/mol. The molecule has 4 nitrogen and oxygen atoms in total. The predicted octanol–water partition coefficient (Wildman–Crippen LogP) is 3.03. The third kappa shape index (κ3) is 2.75. The van der Waals surface area contributed by atoms with Crippen LogP contribution in [0.2, 0.25) is 0 Å². The molecule has 0 unspecified atom stereocenters. The molecule has 1 atom stereocenters. The van der Waals surface area contributed by atoms with Gasteiger partial charge in [0, 0.05) is 16.9 Å². The highest BCUT2D eigenvalue weighted by atomic mass is 32.2. The van der Waals surface area contributed by atoms with E-state index in [9.17, 15) is 4.79 Å². The number of thioether (sulfide) groups is 1. The lowest BCUT2D eigenvalue weighted by atomic mass is 10.00. The van der Waals surface area contributed by atoms with Crippen LogP contribution in [0.1, 0.15) is 16.4 Å². The topological polar surface area (TPSA) is 72.5 Å². The highest BCUT2D eigenvalue weighted by Gasteiger charge is 2.28. The standard InChI is InChI=1S/C16H15NO3S/c17-12(16(18)19)9-21-15-10-5-1-3-7-13(10)20-14-8-4-2-6-11(14)15/h1-8,12,15H,9,17H2,(H,18,19)/t12-/m1/s1. The van der Waals surface area contributed by atoms with Crippen LogP contribution in [0.15, 0.2) is 48.5 Å². The fraction of sp³-hybridized carbons (Fsp3) is 0.188. The Morgan fingerprint density at radius 2 is 1.67 bits per heavy atom. The van der Waals surface area contributed by atoms with Crippen molar-refractivity contribution in [1.82, 2.24) is 0 Å². The van der Waals surface area contributed by atoms with Crippen molar-refractivity contribution in [1.29, 1.82) is 0 Å². The first kappa shape index (κ1) is 14.0.